The number of alkyl halides is 3. The van der Waals surface area contributed by atoms with E-state index in [9.17, 15) is 18.0 Å². The molecule has 5 heteroatoms. The third-order valence-electron chi connectivity index (χ3n) is 3.58. The molecule has 0 aliphatic carbocycles. The van der Waals surface area contributed by atoms with E-state index in [1.54, 1.807) is 36.4 Å². The minimum atomic E-state index is -4.51. The van der Waals surface area contributed by atoms with Crippen LogP contribution >= 0.6 is 0 Å². The van der Waals surface area contributed by atoms with Gasteiger partial charge in [-0.15, -0.1) is 0 Å². The number of carbonyl (C=O) groups is 1. The quantitative estimate of drug-likeness (QED) is 0.880. The number of hydrogen-bond donors (Lipinski definition) is 1. The normalized spacial score (nSPS) is 12.7. The van der Waals surface area contributed by atoms with Gasteiger partial charge in [0.25, 0.3) is 5.91 Å². The molecule has 122 valence electrons. The molecule has 2 nitrogen and oxygen atoms in total. The molecule has 0 aliphatic heterocycles. The van der Waals surface area contributed by atoms with Gasteiger partial charge in [-0.1, -0.05) is 49.4 Å². The van der Waals surface area contributed by atoms with Crippen LogP contribution in [0.1, 0.15) is 28.4 Å². The SMILES string of the molecule is CCc1cccc(C[C@H](NC(=O)c2ccccc2)C(F)(F)F)c1. The van der Waals surface area contributed by atoms with Gasteiger partial charge in [0.2, 0.25) is 0 Å². The molecule has 23 heavy (non-hydrogen) atoms. The number of amides is 1. The van der Waals surface area contributed by atoms with Gasteiger partial charge < -0.3 is 5.32 Å². The molecule has 0 radical (unpaired) electrons. The first-order valence-electron chi connectivity index (χ1n) is 7.40. The molecule has 2 aromatic rings. The lowest BCUT2D eigenvalue weighted by Gasteiger charge is -2.22. The number of hydrogen-bond acceptors (Lipinski definition) is 1. The molecule has 0 spiro atoms. The molecule has 1 amide bonds. The zero-order chi connectivity index (χ0) is 16.9. The van der Waals surface area contributed by atoms with E-state index < -0.39 is 18.1 Å². The largest absolute Gasteiger partial charge is 0.408 e. The van der Waals surface area contributed by atoms with Crippen LogP contribution in [-0.4, -0.2) is 18.1 Å². The Bertz CT molecular complexity index is 653. The topological polar surface area (TPSA) is 29.1 Å². The maximum absolute atomic E-state index is 13.2. The fourth-order valence-corrected chi connectivity index (χ4v) is 2.29. The Morgan fingerprint density at radius 2 is 1.70 bits per heavy atom. The minimum Gasteiger partial charge on any atom is -0.340 e. The summed E-state index contributed by atoms with van der Waals surface area (Å²) in [5.41, 5.74) is 1.74. The minimum absolute atomic E-state index is 0.212. The molecule has 0 fully saturated rings. The lowest BCUT2D eigenvalue weighted by atomic mass is 10.0. The van der Waals surface area contributed by atoms with Gasteiger partial charge in [-0.2, -0.15) is 13.2 Å². The molecule has 0 aliphatic rings. The van der Waals surface area contributed by atoms with Crippen molar-refractivity contribution in [1.82, 2.24) is 5.32 Å². The summed E-state index contributed by atoms with van der Waals surface area (Å²) in [6, 6.07) is 13.0. The Morgan fingerprint density at radius 3 is 2.30 bits per heavy atom. The van der Waals surface area contributed by atoms with Gasteiger partial charge in [0.15, 0.2) is 0 Å². The van der Waals surface area contributed by atoms with Crippen molar-refractivity contribution in [2.45, 2.75) is 32.0 Å². The first-order chi connectivity index (χ1) is 10.9. The van der Waals surface area contributed by atoms with Crippen molar-refractivity contribution in [1.29, 1.82) is 0 Å². The number of nitrogens with one attached hydrogen (secondary N) is 1. The van der Waals surface area contributed by atoms with Crippen molar-refractivity contribution < 1.29 is 18.0 Å². The van der Waals surface area contributed by atoms with Crippen molar-refractivity contribution >= 4 is 5.91 Å². The average Bonchev–Trinajstić information content (AvgIpc) is 2.54. The van der Waals surface area contributed by atoms with Crippen LogP contribution in [0, 0.1) is 0 Å². The Morgan fingerprint density at radius 1 is 1.04 bits per heavy atom. The number of carbonyl (C=O) groups excluding carboxylic acids is 1. The second-order valence-corrected chi connectivity index (χ2v) is 5.31. The molecular formula is C18H18F3NO. The van der Waals surface area contributed by atoms with E-state index in [0.717, 1.165) is 12.0 Å². The van der Waals surface area contributed by atoms with Crippen LogP contribution in [0.4, 0.5) is 13.2 Å². The molecule has 1 atom stereocenters. The van der Waals surface area contributed by atoms with Crippen molar-refractivity contribution in [3.05, 3.63) is 71.3 Å². The fourth-order valence-electron chi connectivity index (χ4n) is 2.29. The van der Waals surface area contributed by atoms with Gasteiger partial charge in [0, 0.05) is 12.0 Å². The lowest BCUT2D eigenvalue weighted by molar-refractivity contribution is -0.153. The van der Waals surface area contributed by atoms with Crippen LogP contribution in [-0.2, 0) is 12.8 Å². The third kappa shape index (κ3) is 4.84. The maximum Gasteiger partial charge on any atom is 0.408 e. The van der Waals surface area contributed by atoms with Gasteiger partial charge in [-0.05, 0) is 29.7 Å². The van der Waals surface area contributed by atoms with E-state index in [0.29, 0.717) is 5.56 Å². The molecular weight excluding hydrogens is 303 g/mol. The number of rotatable bonds is 5. The molecule has 0 heterocycles. The summed E-state index contributed by atoms with van der Waals surface area (Å²) >= 11 is 0. The average molecular weight is 321 g/mol. The van der Waals surface area contributed by atoms with Crippen molar-refractivity contribution in [3.8, 4) is 0 Å². The fraction of sp³-hybridized carbons (Fsp3) is 0.278. The first kappa shape index (κ1) is 17.1. The second-order valence-electron chi connectivity index (χ2n) is 5.31. The van der Waals surface area contributed by atoms with Crippen LogP contribution in [0.25, 0.3) is 0 Å². The summed E-state index contributed by atoms with van der Waals surface area (Å²) in [6.45, 7) is 1.94. The van der Waals surface area contributed by atoms with E-state index in [1.807, 2.05) is 13.0 Å². The zero-order valence-corrected chi connectivity index (χ0v) is 12.7. The smallest absolute Gasteiger partial charge is 0.340 e. The number of benzene rings is 2. The van der Waals surface area contributed by atoms with E-state index in [4.69, 9.17) is 0 Å². The standard InChI is InChI=1S/C18H18F3NO/c1-2-13-7-6-8-14(11-13)12-16(18(19,20)21)22-17(23)15-9-4-3-5-10-15/h3-11,16H,2,12H2,1H3,(H,22,23)/t16-/m0/s1. The first-order valence-corrected chi connectivity index (χ1v) is 7.40. The van der Waals surface area contributed by atoms with Crippen LogP contribution in [0.2, 0.25) is 0 Å². The molecule has 0 saturated carbocycles. The van der Waals surface area contributed by atoms with E-state index in [2.05, 4.69) is 5.32 Å². The van der Waals surface area contributed by atoms with Gasteiger partial charge >= 0.3 is 6.18 Å². The predicted molar refractivity (Wildman–Crippen MR) is 83.3 cm³/mol. The molecule has 0 bridgehead atoms. The summed E-state index contributed by atoms with van der Waals surface area (Å²) in [7, 11) is 0. The molecule has 0 unspecified atom stereocenters. The summed E-state index contributed by atoms with van der Waals surface area (Å²) in [6.07, 6.45) is -4.04. The third-order valence-corrected chi connectivity index (χ3v) is 3.58. The number of halogens is 3. The van der Waals surface area contributed by atoms with E-state index in [1.165, 1.54) is 12.1 Å². The van der Waals surface area contributed by atoms with Crippen molar-refractivity contribution in [2.24, 2.45) is 0 Å². The highest BCUT2D eigenvalue weighted by atomic mass is 19.4. The van der Waals surface area contributed by atoms with Crippen LogP contribution in [0.3, 0.4) is 0 Å². The highest BCUT2D eigenvalue weighted by Gasteiger charge is 2.40. The summed E-state index contributed by atoms with van der Waals surface area (Å²) < 4.78 is 39.7. The van der Waals surface area contributed by atoms with Crippen molar-refractivity contribution in [2.75, 3.05) is 0 Å². The molecule has 0 aromatic heterocycles. The molecule has 2 rings (SSSR count). The highest BCUT2D eigenvalue weighted by Crippen LogP contribution is 2.24. The Labute approximate surface area is 133 Å². The van der Waals surface area contributed by atoms with Gasteiger partial charge in [0.05, 0.1) is 0 Å². The Hall–Kier alpha value is -2.30. The second kappa shape index (κ2) is 7.31. The Kier molecular flexibility index (Phi) is 5.42. The highest BCUT2D eigenvalue weighted by molar-refractivity contribution is 5.94. The predicted octanol–water partition coefficient (Wildman–Crippen LogP) is 4.15. The van der Waals surface area contributed by atoms with Crippen LogP contribution in [0.5, 0.6) is 0 Å². The van der Waals surface area contributed by atoms with Gasteiger partial charge in [-0.25, -0.2) is 0 Å². The van der Waals surface area contributed by atoms with Crippen LogP contribution in [0.15, 0.2) is 54.6 Å². The van der Waals surface area contributed by atoms with Crippen molar-refractivity contribution in [3.63, 3.8) is 0 Å². The summed E-state index contributed by atoms with van der Waals surface area (Å²) in [5, 5.41) is 2.10. The Balaban J connectivity index is 2.16. The molecule has 0 saturated heterocycles. The van der Waals surface area contributed by atoms with Crippen LogP contribution < -0.4 is 5.32 Å². The summed E-state index contributed by atoms with van der Waals surface area (Å²) in [5.74, 6) is -0.723. The number of aryl methyl sites for hydroxylation is 1. The van der Waals surface area contributed by atoms with Gasteiger partial charge in [0.1, 0.15) is 6.04 Å². The molecule has 1 N–H and O–H groups in total. The molecule has 2 aromatic carbocycles. The zero-order valence-electron chi connectivity index (χ0n) is 12.7. The monoisotopic (exact) mass is 321 g/mol. The lowest BCUT2D eigenvalue weighted by Crippen LogP contribution is -2.46. The van der Waals surface area contributed by atoms with E-state index >= 15 is 0 Å². The summed E-state index contributed by atoms with van der Waals surface area (Å²) in [4.78, 5) is 12.0. The van der Waals surface area contributed by atoms with E-state index in [-0.39, 0.29) is 12.0 Å². The van der Waals surface area contributed by atoms with Gasteiger partial charge in [-0.3, -0.25) is 4.79 Å². The maximum atomic E-state index is 13.2.